The van der Waals surface area contributed by atoms with Gasteiger partial charge in [-0.3, -0.25) is 4.79 Å². The molecule has 0 unspecified atom stereocenters. The van der Waals surface area contributed by atoms with E-state index >= 15 is 0 Å². The topological polar surface area (TPSA) is 71.2 Å². The van der Waals surface area contributed by atoms with E-state index < -0.39 is 0 Å². The van der Waals surface area contributed by atoms with Crippen molar-refractivity contribution in [2.45, 2.75) is 20.8 Å². The van der Waals surface area contributed by atoms with Gasteiger partial charge in [0.25, 0.3) is 5.91 Å². The highest BCUT2D eigenvalue weighted by Crippen LogP contribution is 2.26. The van der Waals surface area contributed by atoms with E-state index in [0.29, 0.717) is 28.9 Å². The van der Waals surface area contributed by atoms with Crippen LogP contribution in [0.1, 0.15) is 30.4 Å². The Balaban J connectivity index is 2.90. The summed E-state index contributed by atoms with van der Waals surface area (Å²) in [5, 5.41) is 3.76. The maximum Gasteiger partial charge on any atom is 0.267 e. The minimum Gasteiger partial charge on any atom is -0.382 e. The highest BCUT2D eigenvalue weighted by molar-refractivity contribution is 7.18. The van der Waals surface area contributed by atoms with E-state index in [2.05, 4.69) is 10.3 Å². The van der Waals surface area contributed by atoms with Gasteiger partial charge in [-0.2, -0.15) is 0 Å². The third kappa shape index (κ3) is 2.63. The summed E-state index contributed by atoms with van der Waals surface area (Å²) in [6, 6.07) is 0. The van der Waals surface area contributed by atoms with Gasteiger partial charge in [0.2, 0.25) is 0 Å². The number of anilines is 2. The van der Waals surface area contributed by atoms with Crippen LogP contribution in [0.2, 0.25) is 0 Å². The molecule has 3 N–H and O–H groups in total. The van der Waals surface area contributed by atoms with Gasteiger partial charge in [0.05, 0.1) is 0 Å². The van der Waals surface area contributed by atoms with Crippen LogP contribution in [-0.4, -0.2) is 35.4 Å². The molecule has 1 aromatic heterocycles. The number of amides is 1. The van der Waals surface area contributed by atoms with E-state index in [4.69, 9.17) is 5.73 Å². The molecular formula is C10H18N4OS. The number of carbonyl (C=O) groups excluding carboxylic acids is 1. The summed E-state index contributed by atoms with van der Waals surface area (Å²) in [5.74, 6) is 0.280. The zero-order valence-electron chi connectivity index (χ0n) is 9.91. The van der Waals surface area contributed by atoms with Gasteiger partial charge in [-0.05, 0) is 20.8 Å². The zero-order chi connectivity index (χ0) is 12.1. The van der Waals surface area contributed by atoms with Gasteiger partial charge in [-0.15, -0.1) is 0 Å². The number of thiazole rings is 1. The Kier molecular flexibility index (Phi) is 4.54. The second-order valence-electron chi connectivity index (χ2n) is 3.24. The lowest BCUT2D eigenvalue weighted by Crippen LogP contribution is -2.30. The third-order valence-electron chi connectivity index (χ3n) is 2.23. The van der Waals surface area contributed by atoms with Crippen molar-refractivity contribution in [1.29, 1.82) is 0 Å². The molecule has 0 aromatic carbocycles. The van der Waals surface area contributed by atoms with Crippen molar-refractivity contribution in [1.82, 2.24) is 9.88 Å². The van der Waals surface area contributed by atoms with Crippen LogP contribution in [0.4, 0.5) is 10.9 Å². The molecule has 1 rings (SSSR count). The van der Waals surface area contributed by atoms with Crippen LogP contribution in [0.25, 0.3) is 0 Å². The van der Waals surface area contributed by atoms with Crippen LogP contribution in [0.3, 0.4) is 0 Å². The molecule has 0 atom stereocenters. The minimum absolute atomic E-state index is 0.0378. The number of hydrogen-bond acceptors (Lipinski definition) is 5. The van der Waals surface area contributed by atoms with Crippen LogP contribution in [0, 0.1) is 0 Å². The third-order valence-corrected chi connectivity index (χ3v) is 3.24. The number of nitrogen functional groups attached to an aromatic ring is 1. The molecule has 0 aliphatic carbocycles. The number of rotatable bonds is 5. The van der Waals surface area contributed by atoms with Gasteiger partial charge >= 0.3 is 0 Å². The SMILES string of the molecule is CCNc1nc(N)c(C(=O)N(CC)CC)s1. The first-order valence-electron chi connectivity index (χ1n) is 5.43. The average molecular weight is 242 g/mol. The van der Waals surface area contributed by atoms with E-state index in [1.165, 1.54) is 11.3 Å². The van der Waals surface area contributed by atoms with E-state index in [1.807, 2.05) is 20.8 Å². The lowest BCUT2D eigenvalue weighted by molar-refractivity contribution is 0.0778. The Morgan fingerprint density at radius 2 is 2.06 bits per heavy atom. The molecule has 1 aromatic rings. The second kappa shape index (κ2) is 5.69. The van der Waals surface area contributed by atoms with Gasteiger partial charge < -0.3 is 16.0 Å². The fourth-order valence-electron chi connectivity index (χ4n) is 1.37. The molecule has 0 saturated carbocycles. The monoisotopic (exact) mass is 242 g/mol. The first-order chi connectivity index (χ1) is 7.63. The lowest BCUT2D eigenvalue weighted by atomic mass is 10.4. The van der Waals surface area contributed by atoms with E-state index in [0.717, 1.165) is 6.54 Å². The van der Waals surface area contributed by atoms with Crippen LogP contribution in [0.15, 0.2) is 0 Å². The number of hydrogen-bond donors (Lipinski definition) is 2. The molecule has 0 spiro atoms. The molecular weight excluding hydrogens is 224 g/mol. The lowest BCUT2D eigenvalue weighted by Gasteiger charge is -2.17. The van der Waals surface area contributed by atoms with Gasteiger partial charge in [-0.25, -0.2) is 4.98 Å². The van der Waals surface area contributed by atoms with Crippen molar-refractivity contribution in [3.63, 3.8) is 0 Å². The fourth-order valence-corrected chi connectivity index (χ4v) is 2.29. The van der Waals surface area contributed by atoms with Crippen LogP contribution >= 0.6 is 11.3 Å². The van der Waals surface area contributed by atoms with Crippen molar-refractivity contribution in [2.75, 3.05) is 30.7 Å². The Hall–Kier alpha value is -1.30. The summed E-state index contributed by atoms with van der Waals surface area (Å²) >= 11 is 1.31. The maximum atomic E-state index is 12.0. The number of carbonyl (C=O) groups is 1. The fraction of sp³-hybridized carbons (Fsp3) is 0.600. The molecule has 16 heavy (non-hydrogen) atoms. The molecule has 0 bridgehead atoms. The summed E-state index contributed by atoms with van der Waals surface area (Å²) in [4.78, 5) is 18.4. The van der Waals surface area contributed by atoms with Crippen molar-refractivity contribution < 1.29 is 4.79 Å². The first kappa shape index (κ1) is 12.8. The van der Waals surface area contributed by atoms with Gasteiger partial charge in [-0.1, -0.05) is 11.3 Å². The van der Waals surface area contributed by atoms with Crippen molar-refractivity contribution in [2.24, 2.45) is 0 Å². The highest BCUT2D eigenvalue weighted by atomic mass is 32.1. The summed E-state index contributed by atoms with van der Waals surface area (Å²) < 4.78 is 0. The summed E-state index contributed by atoms with van der Waals surface area (Å²) in [6.07, 6.45) is 0. The number of nitrogens with zero attached hydrogens (tertiary/aromatic N) is 2. The normalized spacial score (nSPS) is 10.2. The molecule has 5 nitrogen and oxygen atoms in total. The van der Waals surface area contributed by atoms with Crippen LogP contribution < -0.4 is 11.1 Å². The Labute approximate surface area is 99.7 Å². The second-order valence-corrected chi connectivity index (χ2v) is 4.24. The van der Waals surface area contributed by atoms with E-state index in [9.17, 15) is 4.79 Å². The van der Waals surface area contributed by atoms with Crippen molar-refractivity contribution in [3.8, 4) is 0 Å². The number of aromatic nitrogens is 1. The largest absolute Gasteiger partial charge is 0.382 e. The summed E-state index contributed by atoms with van der Waals surface area (Å²) in [7, 11) is 0. The Morgan fingerprint density at radius 3 is 2.56 bits per heavy atom. The van der Waals surface area contributed by atoms with E-state index in [1.54, 1.807) is 4.90 Å². The summed E-state index contributed by atoms with van der Waals surface area (Å²) in [5.41, 5.74) is 5.73. The van der Waals surface area contributed by atoms with Gasteiger partial charge in [0.15, 0.2) is 5.13 Å². The summed E-state index contributed by atoms with van der Waals surface area (Å²) in [6.45, 7) is 8.01. The molecule has 6 heteroatoms. The number of nitrogens with two attached hydrogens (primary N) is 1. The smallest absolute Gasteiger partial charge is 0.267 e. The predicted octanol–water partition coefficient (Wildman–Crippen LogP) is 1.64. The highest BCUT2D eigenvalue weighted by Gasteiger charge is 2.19. The predicted molar refractivity (Wildman–Crippen MR) is 67.9 cm³/mol. The molecule has 0 aliphatic rings. The first-order valence-corrected chi connectivity index (χ1v) is 6.25. The molecule has 1 amide bonds. The van der Waals surface area contributed by atoms with E-state index in [-0.39, 0.29) is 5.91 Å². The Morgan fingerprint density at radius 1 is 1.44 bits per heavy atom. The molecule has 90 valence electrons. The average Bonchev–Trinajstić information content (AvgIpc) is 2.61. The van der Waals surface area contributed by atoms with Gasteiger partial charge in [0, 0.05) is 19.6 Å². The quantitative estimate of drug-likeness (QED) is 0.823. The van der Waals surface area contributed by atoms with Crippen molar-refractivity contribution >= 4 is 28.2 Å². The minimum atomic E-state index is -0.0378. The molecule has 1 heterocycles. The molecule has 0 fully saturated rings. The zero-order valence-corrected chi connectivity index (χ0v) is 10.7. The number of nitrogens with one attached hydrogen (secondary N) is 1. The molecule has 0 saturated heterocycles. The van der Waals surface area contributed by atoms with Crippen molar-refractivity contribution in [3.05, 3.63) is 4.88 Å². The molecule has 0 aliphatic heterocycles. The maximum absolute atomic E-state index is 12.0. The Bertz CT molecular complexity index is 360. The molecule has 0 radical (unpaired) electrons. The van der Waals surface area contributed by atoms with Crippen LogP contribution in [-0.2, 0) is 0 Å². The van der Waals surface area contributed by atoms with Gasteiger partial charge in [0.1, 0.15) is 10.7 Å². The standard InChI is InChI=1S/C10H18N4OS/c1-4-12-10-13-8(11)7(16-10)9(15)14(5-2)6-3/h4-6,11H2,1-3H3,(H,12,13). The van der Waals surface area contributed by atoms with Crippen LogP contribution in [0.5, 0.6) is 0 Å².